The number of ether oxygens (including phenoxy) is 3. The first-order chi connectivity index (χ1) is 38.0. The summed E-state index contributed by atoms with van der Waals surface area (Å²) in [6.07, 6.45) is 89.2. The lowest BCUT2D eigenvalue weighted by atomic mass is 10.1. The number of unbranched alkanes of at least 4 members (excludes halogenated alkanes) is 26. The van der Waals surface area contributed by atoms with Crippen LogP contribution in [-0.2, 0) is 28.6 Å². The molecule has 0 aliphatic rings. The van der Waals surface area contributed by atoms with Crippen LogP contribution in [0.15, 0.2) is 122 Å². The quantitative estimate of drug-likeness (QED) is 0.0261. The zero-order valence-electron chi connectivity index (χ0n) is 50.2. The maximum atomic E-state index is 12.9. The maximum absolute atomic E-state index is 12.9. The van der Waals surface area contributed by atoms with Crippen molar-refractivity contribution in [3.63, 3.8) is 0 Å². The van der Waals surface area contributed by atoms with Crippen molar-refractivity contribution in [2.75, 3.05) is 13.2 Å². The van der Waals surface area contributed by atoms with Crippen LogP contribution in [-0.4, -0.2) is 37.2 Å². The topological polar surface area (TPSA) is 78.9 Å². The lowest BCUT2D eigenvalue weighted by Crippen LogP contribution is -2.30. The van der Waals surface area contributed by atoms with Crippen molar-refractivity contribution in [2.45, 2.75) is 297 Å². The fourth-order valence-electron chi connectivity index (χ4n) is 8.73. The maximum Gasteiger partial charge on any atom is 0.306 e. The second kappa shape index (κ2) is 64.3. The number of hydrogen-bond donors (Lipinski definition) is 0. The molecule has 0 aromatic heterocycles. The molecule has 1 unspecified atom stereocenters. The van der Waals surface area contributed by atoms with Crippen LogP contribution in [0.2, 0.25) is 0 Å². The molecule has 0 rings (SSSR count). The normalized spacial score (nSPS) is 12.9. The monoisotopic (exact) mass is 1070 g/mol. The van der Waals surface area contributed by atoms with Gasteiger partial charge in [-0.25, -0.2) is 0 Å². The highest BCUT2D eigenvalue weighted by atomic mass is 16.6. The Bertz CT molecular complexity index is 1600. The Kier molecular flexibility index (Phi) is 60.8. The highest BCUT2D eigenvalue weighted by Gasteiger charge is 2.19. The summed E-state index contributed by atoms with van der Waals surface area (Å²) < 4.78 is 16.9. The molecule has 0 aromatic carbocycles. The first kappa shape index (κ1) is 72.8. The van der Waals surface area contributed by atoms with Crippen LogP contribution >= 0.6 is 0 Å². The Labute approximate surface area is 475 Å². The van der Waals surface area contributed by atoms with Crippen molar-refractivity contribution in [2.24, 2.45) is 0 Å². The molecule has 0 amide bonds. The van der Waals surface area contributed by atoms with Gasteiger partial charge in [-0.2, -0.15) is 0 Å². The van der Waals surface area contributed by atoms with E-state index in [1.807, 2.05) is 0 Å². The number of allylic oxidation sites excluding steroid dienone is 20. The van der Waals surface area contributed by atoms with Gasteiger partial charge in [-0.1, -0.05) is 284 Å². The Morgan fingerprint density at radius 2 is 0.506 bits per heavy atom. The van der Waals surface area contributed by atoms with Crippen LogP contribution in [0, 0.1) is 0 Å². The van der Waals surface area contributed by atoms with Gasteiger partial charge in [-0.15, -0.1) is 0 Å². The summed E-state index contributed by atoms with van der Waals surface area (Å²) in [5, 5.41) is 0. The first-order valence-corrected chi connectivity index (χ1v) is 32.0. The minimum Gasteiger partial charge on any atom is -0.462 e. The molecule has 0 aliphatic heterocycles. The summed E-state index contributed by atoms with van der Waals surface area (Å²) in [5.74, 6) is -0.893. The molecule has 0 N–H and O–H groups in total. The average Bonchev–Trinajstić information content (AvgIpc) is 3.43. The molecule has 0 fully saturated rings. The van der Waals surface area contributed by atoms with Gasteiger partial charge in [0, 0.05) is 19.3 Å². The van der Waals surface area contributed by atoms with E-state index in [1.165, 1.54) is 116 Å². The molecular weight excluding hydrogens is 949 g/mol. The first-order valence-electron chi connectivity index (χ1n) is 32.0. The summed E-state index contributed by atoms with van der Waals surface area (Å²) in [6, 6.07) is 0. The average molecular weight is 1070 g/mol. The predicted molar refractivity (Wildman–Crippen MR) is 334 cm³/mol. The number of rotatable bonds is 57. The molecule has 438 valence electrons. The summed E-state index contributed by atoms with van der Waals surface area (Å²) in [4.78, 5) is 38.2. The molecule has 0 saturated carbocycles. The summed E-state index contributed by atoms with van der Waals surface area (Å²) in [7, 11) is 0. The number of esters is 3. The van der Waals surface area contributed by atoms with E-state index in [-0.39, 0.29) is 31.1 Å². The van der Waals surface area contributed by atoms with Crippen molar-refractivity contribution in [3.05, 3.63) is 122 Å². The Hall–Kier alpha value is -4.19. The molecule has 0 aliphatic carbocycles. The molecule has 0 heterocycles. The largest absolute Gasteiger partial charge is 0.462 e. The number of carbonyl (C=O) groups excluding carboxylic acids is 3. The van der Waals surface area contributed by atoms with Crippen molar-refractivity contribution < 1.29 is 28.6 Å². The second-order valence-electron chi connectivity index (χ2n) is 20.9. The smallest absolute Gasteiger partial charge is 0.306 e. The highest BCUT2D eigenvalue weighted by molar-refractivity contribution is 5.71. The molecule has 0 bridgehead atoms. The summed E-state index contributed by atoms with van der Waals surface area (Å²) in [6.45, 7) is 6.40. The van der Waals surface area contributed by atoms with Crippen molar-refractivity contribution in [1.82, 2.24) is 0 Å². The van der Waals surface area contributed by atoms with Gasteiger partial charge in [0.1, 0.15) is 13.2 Å². The van der Waals surface area contributed by atoms with Crippen LogP contribution in [0.25, 0.3) is 0 Å². The fourth-order valence-corrected chi connectivity index (χ4v) is 8.73. The van der Waals surface area contributed by atoms with E-state index in [0.717, 1.165) is 135 Å². The van der Waals surface area contributed by atoms with Crippen molar-refractivity contribution in [3.8, 4) is 0 Å². The van der Waals surface area contributed by atoms with Gasteiger partial charge in [0.2, 0.25) is 0 Å². The summed E-state index contributed by atoms with van der Waals surface area (Å²) in [5.41, 5.74) is 0. The van der Waals surface area contributed by atoms with Crippen molar-refractivity contribution >= 4 is 17.9 Å². The highest BCUT2D eigenvalue weighted by Crippen LogP contribution is 2.16. The van der Waals surface area contributed by atoms with Crippen LogP contribution in [0.3, 0.4) is 0 Å². The van der Waals surface area contributed by atoms with Gasteiger partial charge in [0.25, 0.3) is 0 Å². The molecule has 0 radical (unpaired) electrons. The third-order valence-electron chi connectivity index (χ3n) is 13.5. The van der Waals surface area contributed by atoms with Crippen LogP contribution in [0.4, 0.5) is 0 Å². The molecule has 77 heavy (non-hydrogen) atoms. The Morgan fingerprint density at radius 3 is 0.792 bits per heavy atom. The lowest BCUT2D eigenvalue weighted by Gasteiger charge is -2.18. The fraction of sp³-hybridized carbons (Fsp3) is 0.676. The van der Waals surface area contributed by atoms with E-state index < -0.39 is 6.10 Å². The molecule has 6 heteroatoms. The van der Waals surface area contributed by atoms with Crippen LogP contribution < -0.4 is 0 Å². The molecule has 1 atom stereocenters. The third kappa shape index (κ3) is 62.5. The molecule has 6 nitrogen and oxygen atoms in total. The van der Waals surface area contributed by atoms with Gasteiger partial charge in [0.05, 0.1) is 0 Å². The molecular formula is C71H118O6. The third-order valence-corrected chi connectivity index (χ3v) is 13.5. The zero-order valence-corrected chi connectivity index (χ0v) is 50.2. The van der Waals surface area contributed by atoms with Gasteiger partial charge in [-0.05, 0) is 109 Å². The zero-order chi connectivity index (χ0) is 55.7. The van der Waals surface area contributed by atoms with Crippen LogP contribution in [0.5, 0.6) is 0 Å². The number of hydrogen-bond acceptors (Lipinski definition) is 6. The predicted octanol–water partition coefficient (Wildman–Crippen LogP) is 22.0. The van der Waals surface area contributed by atoms with Gasteiger partial charge < -0.3 is 14.2 Å². The minimum atomic E-state index is -0.786. The van der Waals surface area contributed by atoms with E-state index >= 15 is 0 Å². The standard InChI is InChI=1S/C71H118O6/c1-4-7-10-13-16-19-21-23-25-27-29-31-33-35-37-39-41-43-45-47-49-52-55-58-61-64-70(73)76-67-68(66-75-69(72)63-60-57-54-51-18-15-12-9-6-3)77-71(74)65-62-59-56-53-50-48-46-44-42-40-38-36-34-32-30-28-26-24-22-20-17-14-11-8-5-2/h7-8,10-11,16-17,19-20,23-26,29-32,35-38,68H,4-6,9,12-15,18,21-22,27-28,33-34,39-67H2,1-3H3/b10-7-,11-8-,19-16-,20-17-,25-23-,26-24-,31-29-,32-30-,37-35-,38-36-. The number of carbonyl (C=O) groups is 3. The molecule has 0 aromatic rings. The van der Waals surface area contributed by atoms with E-state index in [0.29, 0.717) is 19.3 Å². The van der Waals surface area contributed by atoms with E-state index in [9.17, 15) is 14.4 Å². The Morgan fingerprint density at radius 1 is 0.273 bits per heavy atom. The lowest BCUT2D eigenvalue weighted by molar-refractivity contribution is -0.167. The van der Waals surface area contributed by atoms with Crippen molar-refractivity contribution in [1.29, 1.82) is 0 Å². The molecule has 0 spiro atoms. The van der Waals surface area contributed by atoms with E-state index in [1.54, 1.807) is 0 Å². The van der Waals surface area contributed by atoms with Gasteiger partial charge in [-0.3, -0.25) is 14.4 Å². The van der Waals surface area contributed by atoms with Gasteiger partial charge >= 0.3 is 17.9 Å². The SMILES string of the molecule is CC/C=C\C/C=C\C/C=C\C/C=C\C/C=C\CCCCCCCCCCCC(=O)OCC(COC(=O)CCCCCCCCCCC)OC(=O)CCCCCCCCCCC/C=C\C/C=C\C/C=C\C/C=C\C/C=C\CC. The van der Waals surface area contributed by atoms with E-state index in [4.69, 9.17) is 14.2 Å². The van der Waals surface area contributed by atoms with Gasteiger partial charge in [0.15, 0.2) is 6.10 Å². The second-order valence-corrected chi connectivity index (χ2v) is 20.9. The van der Waals surface area contributed by atoms with E-state index in [2.05, 4.69) is 142 Å². The Balaban J connectivity index is 4.26. The molecule has 0 saturated heterocycles. The summed E-state index contributed by atoms with van der Waals surface area (Å²) >= 11 is 0. The minimum absolute atomic E-state index is 0.0824. The van der Waals surface area contributed by atoms with Crippen LogP contribution in [0.1, 0.15) is 290 Å².